The monoisotopic (exact) mass is 344 g/mol. The summed E-state index contributed by atoms with van der Waals surface area (Å²) in [5, 5.41) is 1.60. The fraction of sp³-hybridized carbons (Fsp3) is 0.182. The molecule has 1 aliphatic carbocycles. The van der Waals surface area contributed by atoms with Gasteiger partial charge in [0.2, 0.25) is 5.56 Å². The summed E-state index contributed by atoms with van der Waals surface area (Å²) in [6.07, 6.45) is 10.7. The molecule has 2 aromatic heterocycles. The van der Waals surface area contributed by atoms with Gasteiger partial charge in [0.15, 0.2) is 0 Å². The Kier molecular flexibility index (Phi) is 4.17. The molecular formula is C22H20N2O2. The lowest BCUT2D eigenvalue weighted by molar-refractivity contribution is 0.895. The highest BCUT2D eigenvalue weighted by molar-refractivity contribution is 5.96. The van der Waals surface area contributed by atoms with Gasteiger partial charge in [-0.3, -0.25) is 14.2 Å². The molecule has 1 N–H and O–H groups in total. The minimum Gasteiger partial charge on any atom is -0.328 e. The number of hydrogen-bond acceptors (Lipinski definition) is 2. The van der Waals surface area contributed by atoms with Gasteiger partial charge in [0.1, 0.15) is 0 Å². The number of rotatable bonds is 3. The first-order valence-corrected chi connectivity index (χ1v) is 8.93. The van der Waals surface area contributed by atoms with Gasteiger partial charge in [-0.15, -0.1) is 0 Å². The molecule has 4 heteroatoms. The number of fused-ring (bicyclic) bond motifs is 1. The third-order valence-corrected chi connectivity index (χ3v) is 4.81. The van der Waals surface area contributed by atoms with Gasteiger partial charge in [-0.2, -0.15) is 0 Å². The number of nitrogens with zero attached hydrogens (tertiary/aromatic N) is 1. The van der Waals surface area contributed by atoms with Crippen LogP contribution >= 0.6 is 0 Å². The first-order chi connectivity index (χ1) is 12.7. The fourth-order valence-corrected chi connectivity index (χ4v) is 3.54. The Hall–Kier alpha value is -3.14. The van der Waals surface area contributed by atoms with E-state index in [0.29, 0.717) is 5.39 Å². The van der Waals surface area contributed by atoms with Crippen molar-refractivity contribution >= 4 is 16.5 Å². The van der Waals surface area contributed by atoms with Crippen LogP contribution in [0.5, 0.6) is 0 Å². The number of aryl methyl sites for hydroxylation is 1. The highest BCUT2D eigenvalue weighted by atomic mass is 16.1. The molecule has 1 aliphatic rings. The van der Waals surface area contributed by atoms with E-state index in [1.54, 1.807) is 12.3 Å². The second kappa shape index (κ2) is 6.64. The standard InChI is InChI=1S/C22H20N2O2/c1-2-17-13-15-7-6-10-19(16-11-12-20(25)23-14-16)21(15)22(26)24(17)18-8-4-3-5-9-18/h4,6-14H,2-3,5H2,1H3,(H,23,25). The average molecular weight is 344 g/mol. The normalized spacial score (nSPS) is 13.8. The lowest BCUT2D eigenvalue weighted by Gasteiger charge is -2.17. The van der Waals surface area contributed by atoms with E-state index in [-0.39, 0.29) is 11.1 Å². The van der Waals surface area contributed by atoms with Crippen molar-refractivity contribution in [3.63, 3.8) is 0 Å². The van der Waals surface area contributed by atoms with Crippen LogP contribution in [0, 0.1) is 0 Å². The molecule has 4 rings (SSSR count). The number of aromatic amines is 1. The Morgan fingerprint density at radius 2 is 2.00 bits per heavy atom. The molecule has 0 radical (unpaired) electrons. The maximum Gasteiger partial charge on any atom is 0.263 e. The van der Waals surface area contributed by atoms with Crippen molar-refractivity contribution in [2.45, 2.75) is 26.2 Å². The van der Waals surface area contributed by atoms with Gasteiger partial charge in [0.05, 0.1) is 5.39 Å². The van der Waals surface area contributed by atoms with Crippen molar-refractivity contribution in [3.05, 3.63) is 87.2 Å². The van der Waals surface area contributed by atoms with Crippen molar-refractivity contribution < 1.29 is 0 Å². The Labute approximate surface area is 151 Å². The summed E-state index contributed by atoms with van der Waals surface area (Å²) in [5.74, 6) is 0. The quantitative estimate of drug-likeness (QED) is 0.777. The van der Waals surface area contributed by atoms with Crippen LogP contribution in [0.1, 0.15) is 25.5 Å². The van der Waals surface area contributed by atoms with E-state index < -0.39 is 0 Å². The number of nitrogens with one attached hydrogen (secondary N) is 1. The Morgan fingerprint density at radius 1 is 1.12 bits per heavy atom. The smallest absolute Gasteiger partial charge is 0.263 e. The summed E-state index contributed by atoms with van der Waals surface area (Å²) in [5.41, 5.74) is 3.43. The highest BCUT2D eigenvalue weighted by Gasteiger charge is 2.15. The highest BCUT2D eigenvalue weighted by Crippen LogP contribution is 2.27. The Morgan fingerprint density at radius 3 is 2.69 bits per heavy atom. The van der Waals surface area contributed by atoms with Gasteiger partial charge in [0.25, 0.3) is 5.56 Å². The van der Waals surface area contributed by atoms with Crippen molar-refractivity contribution in [2.75, 3.05) is 0 Å². The Balaban J connectivity index is 2.06. The zero-order chi connectivity index (χ0) is 18.1. The van der Waals surface area contributed by atoms with E-state index in [1.807, 2.05) is 28.8 Å². The van der Waals surface area contributed by atoms with E-state index in [1.165, 1.54) is 6.07 Å². The number of aromatic nitrogens is 2. The molecule has 4 nitrogen and oxygen atoms in total. The molecule has 26 heavy (non-hydrogen) atoms. The molecule has 3 aromatic rings. The molecule has 0 unspecified atom stereocenters. The summed E-state index contributed by atoms with van der Waals surface area (Å²) in [6.45, 7) is 2.07. The minimum absolute atomic E-state index is 0.0149. The topological polar surface area (TPSA) is 54.9 Å². The lowest BCUT2D eigenvalue weighted by atomic mass is 9.99. The molecule has 2 heterocycles. The van der Waals surface area contributed by atoms with E-state index in [2.05, 4.69) is 30.1 Å². The summed E-state index contributed by atoms with van der Waals surface area (Å²) >= 11 is 0. The molecule has 0 saturated heterocycles. The van der Waals surface area contributed by atoms with E-state index in [0.717, 1.165) is 47.2 Å². The average Bonchev–Trinajstić information content (AvgIpc) is 2.68. The van der Waals surface area contributed by atoms with E-state index in [4.69, 9.17) is 0 Å². The van der Waals surface area contributed by atoms with Gasteiger partial charge >= 0.3 is 0 Å². The molecular weight excluding hydrogens is 324 g/mol. The Bertz CT molecular complexity index is 1140. The van der Waals surface area contributed by atoms with Crippen molar-refractivity contribution in [1.29, 1.82) is 0 Å². The first kappa shape index (κ1) is 16.3. The molecule has 0 aliphatic heterocycles. The molecule has 0 saturated carbocycles. The third kappa shape index (κ3) is 2.73. The second-order valence-corrected chi connectivity index (χ2v) is 6.45. The third-order valence-electron chi connectivity index (χ3n) is 4.81. The first-order valence-electron chi connectivity index (χ1n) is 8.93. The summed E-state index contributed by atoms with van der Waals surface area (Å²) < 4.78 is 1.83. The maximum atomic E-state index is 13.5. The van der Waals surface area contributed by atoms with Gasteiger partial charge in [0, 0.05) is 23.7 Å². The van der Waals surface area contributed by atoms with Crippen molar-refractivity contribution in [2.24, 2.45) is 0 Å². The summed E-state index contributed by atoms with van der Waals surface area (Å²) in [7, 11) is 0. The molecule has 0 fully saturated rings. The molecule has 130 valence electrons. The zero-order valence-corrected chi connectivity index (χ0v) is 14.7. The predicted molar refractivity (Wildman–Crippen MR) is 106 cm³/mol. The van der Waals surface area contributed by atoms with Crippen LogP contribution in [-0.2, 0) is 6.42 Å². The molecule has 0 atom stereocenters. The lowest BCUT2D eigenvalue weighted by Crippen LogP contribution is -2.23. The van der Waals surface area contributed by atoms with Gasteiger partial charge < -0.3 is 4.98 Å². The van der Waals surface area contributed by atoms with E-state index in [9.17, 15) is 9.59 Å². The van der Waals surface area contributed by atoms with Gasteiger partial charge in [-0.25, -0.2) is 0 Å². The number of H-pyrrole nitrogens is 1. The van der Waals surface area contributed by atoms with Crippen LogP contribution in [0.4, 0.5) is 0 Å². The number of pyridine rings is 2. The number of benzene rings is 1. The van der Waals surface area contributed by atoms with Crippen molar-refractivity contribution in [3.8, 4) is 11.1 Å². The van der Waals surface area contributed by atoms with Crippen LogP contribution in [0.2, 0.25) is 0 Å². The minimum atomic E-state index is -0.155. The zero-order valence-electron chi connectivity index (χ0n) is 14.7. The van der Waals surface area contributed by atoms with Gasteiger partial charge in [-0.1, -0.05) is 37.3 Å². The SMILES string of the molecule is CCc1cc2cccc(-c3ccc(=O)[nH]c3)c2c(=O)n1C1=CCCC=C1. The van der Waals surface area contributed by atoms with Crippen LogP contribution < -0.4 is 11.1 Å². The second-order valence-electron chi connectivity index (χ2n) is 6.45. The molecule has 1 aromatic carbocycles. The molecule has 0 amide bonds. The fourth-order valence-electron chi connectivity index (χ4n) is 3.54. The molecule has 0 bridgehead atoms. The number of hydrogen-bond donors (Lipinski definition) is 1. The predicted octanol–water partition coefficient (Wildman–Crippen LogP) is 4.11. The molecule has 0 spiro atoms. The largest absolute Gasteiger partial charge is 0.328 e. The van der Waals surface area contributed by atoms with Crippen LogP contribution in [0.3, 0.4) is 0 Å². The maximum absolute atomic E-state index is 13.5. The van der Waals surface area contributed by atoms with Gasteiger partial charge in [-0.05, 0) is 54.0 Å². The van der Waals surface area contributed by atoms with Crippen LogP contribution in [-0.4, -0.2) is 9.55 Å². The van der Waals surface area contributed by atoms with Crippen molar-refractivity contribution in [1.82, 2.24) is 9.55 Å². The van der Waals surface area contributed by atoms with Crippen LogP contribution in [0.25, 0.3) is 27.6 Å². The van der Waals surface area contributed by atoms with E-state index >= 15 is 0 Å². The van der Waals surface area contributed by atoms with Crippen LogP contribution in [0.15, 0.2) is 70.4 Å². The summed E-state index contributed by atoms with van der Waals surface area (Å²) in [4.78, 5) is 27.6. The summed E-state index contributed by atoms with van der Waals surface area (Å²) in [6, 6.07) is 11.2. The number of allylic oxidation sites excluding steroid dienone is 4.